The van der Waals surface area contributed by atoms with Crippen LogP contribution < -0.4 is 4.90 Å². The molecule has 2 aromatic rings. The van der Waals surface area contributed by atoms with Crippen LogP contribution in [0.15, 0.2) is 30.6 Å². The Bertz CT molecular complexity index is 611. The van der Waals surface area contributed by atoms with E-state index < -0.39 is 0 Å². The molecule has 0 aliphatic rings. The van der Waals surface area contributed by atoms with Crippen molar-refractivity contribution >= 4 is 23.5 Å². The molecular weight excluding hydrogens is 284 g/mol. The first-order chi connectivity index (χ1) is 10.0. The standard InChI is InChI=1S/C15H20N4OS/c1-11(10-21-4)15(20)18(2)14-8-13(19(3)17-14)12-6-5-7-16-9-12/h5-9,11H,10H2,1-4H3/t11-/m0/s1. The van der Waals surface area contributed by atoms with Gasteiger partial charge >= 0.3 is 0 Å². The van der Waals surface area contributed by atoms with Crippen molar-refractivity contribution in [1.29, 1.82) is 0 Å². The predicted octanol–water partition coefficient (Wildman–Crippen LogP) is 2.44. The first-order valence-corrected chi connectivity index (χ1v) is 8.15. The fraction of sp³-hybridized carbons (Fsp3) is 0.400. The van der Waals surface area contributed by atoms with Gasteiger partial charge < -0.3 is 0 Å². The van der Waals surface area contributed by atoms with Crippen molar-refractivity contribution in [2.75, 3.05) is 24.0 Å². The molecule has 0 radical (unpaired) electrons. The number of hydrogen-bond acceptors (Lipinski definition) is 4. The molecule has 112 valence electrons. The number of amides is 1. The highest BCUT2D eigenvalue weighted by molar-refractivity contribution is 7.98. The molecule has 21 heavy (non-hydrogen) atoms. The van der Waals surface area contributed by atoms with Gasteiger partial charge in [0, 0.05) is 49.8 Å². The second-order valence-electron chi connectivity index (χ2n) is 5.01. The largest absolute Gasteiger partial charge is 0.298 e. The number of carbonyl (C=O) groups is 1. The van der Waals surface area contributed by atoms with Crippen molar-refractivity contribution in [3.63, 3.8) is 0 Å². The van der Waals surface area contributed by atoms with Crippen LogP contribution in [0.25, 0.3) is 11.3 Å². The molecule has 5 nitrogen and oxygen atoms in total. The Morgan fingerprint density at radius 1 is 1.52 bits per heavy atom. The van der Waals surface area contributed by atoms with E-state index in [2.05, 4.69) is 10.1 Å². The Balaban J connectivity index is 2.24. The number of pyridine rings is 1. The fourth-order valence-corrected chi connectivity index (χ4v) is 2.81. The van der Waals surface area contributed by atoms with Crippen LogP contribution in [-0.4, -0.2) is 39.7 Å². The van der Waals surface area contributed by atoms with Gasteiger partial charge in [-0.2, -0.15) is 16.9 Å². The summed E-state index contributed by atoms with van der Waals surface area (Å²) in [5.41, 5.74) is 1.92. The molecular formula is C15H20N4OS. The average molecular weight is 304 g/mol. The number of thioether (sulfide) groups is 1. The van der Waals surface area contributed by atoms with Crippen molar-refractivity contribution in [1.82, 2.24) is 14.8 Å². The lowest BCUT2D eigenvalue weighted by molar-refractivity contribution is -0.121. The smallest absolute Gasteiger partial charge is 0.231 e. The highest BCUT2D eigenvalue weighted by Crippen LogP contribution is 2.23. The maximum atomic E-state index is 12.3. The van der Waals surface area contributed by atoms with E-state index in [0.29, 0.717) is 5.82 Å². The van der Waals surface area contributed by atoms with Gasteiger partial charge in [-0.25, -0.2) is 0 Å². The summed E-state index contributed by atoms with van der Waals surface area (Å²) in [6.07, 6.45) is 5.53. The van der Waals surface area contributed by atoms with Gasteiger partial charge in [-0.15, -0.1) is 0 Å². The third kappa shape index (κ3) is 3.44. The highest BCUT2D eigenvalue weighted by Gasteiger charge is 2.21. The monoisotopic (exact) mass is 304 g/mol. The van der Waals surface area contributed by atoms with E-state index in [4.69, 9.17) is 0 Å². The van der Waals surface area contributed by atoms with Crippen LogP contribution in [0.2, 0.25) is 0 Å². The first kappa shape index (κ1) is 15.6. The van der Waals surface area contributed by atoms with Crippen LogP contribution in [0.3, 0.4) is 0 Å². The van der Waals surface area contributed by atoms with E-state index in [1.165, 1.54) is 0 Å². The third-order valence-corrected chi connectivity index (χ3v) is 4.17. The number of hydrogen-bond donors (Lipinski definition) is 0. The lowest BCUT2D eigenvalue weighted by atomic mass is 10.2. The molecule has 1 amide bonds. The Labute approximate surface area is 129 Å². The summed E-state index contributed by atoms with van der Waals surface area (Å²) in [7, 11) is 3.64. The van der Waals surface area contributed by atoms with E-state index in [1.807, 2.05) is 38.4 Å². The summed E-state index contributed by atoms with van der Waals surface area (Å²) < 4.78 is 1.77. The summed E-state index contributed by atoms with van der Waals surface area (Å²) in [6.45, 7) is 1.94. The number of aryl methyl sites for hydroxylation is 1. The lowest BCUT2D eigenvalue weighted by Crippen LogP contribution is -2.33. The van der Waals surface area contributed by atoms with E-state index in [0.717, 1.165) is 17.0 Å². The van der Waals surface area contributed by atoms with Crippen LogP contribution >= 0.6 is 11.8 Å². The molecule has 6 heteroatoms. The number of aromatic nitrogens is 3. The quantitative estimate of drug-likeness (QED) is 0.851. The Kier molecular flexibility index (Phi) is 5.01. The van der Waals surface area contributed by atoms with E-state index in [-0.39, 0.29) is 11.8 Å². The fourth-order valence-electron chi connectivity index (χ4n) is 2.17. The molecule has 0 spiro atoms. The molecule has 0 fully saturated rings. The van der Waals surface area contributed by atoms with Crippen molar-refractivity contribution in [2.45, 2.75) is 6.92 Å². The maximum absolute atomic E-state index is 12.3. The molecule has 2 rings (SSSR count). The van der Waals surface area contributed by atoms with Gasteiger partial charge in [0.2, 0.25) is 5.91 Å². The highest BCUT2D eigenvalue weighted by atomic mass is 32.2. The van der Waals surface area contributed by atoms with Crippen LogP contribution in [0.4, 0.5) is 5.82 Å². The molecule has 2 heterocycles. The minimum Gasteiger partial charge on any atom is -0.298 e. The number of anilines is 1. The summed E-state index contributed by atoms with van der Waals surface area (Å²) in [4.78, 5) is 18.1. The van der Waals surface area contributed by atoms with Crippen molar-refractivity contribution < 1.29 is 4.79 Å². The number of nitrogens with zero attached hydrogens (tertiary/aromatic N) is 4. The molecule has 2 aromatic heterocycles. The van der Waals surface area contributed by atoms with E-state index in [9.17, 15) is 4.79 Å². The van der Waals surface area contributed by atoms with Gasteiger partial charge in [-0.3, -0.25) is 19.4 Å². The van der Waals surface area contributed by atoms with Crippen molar-refractivity contribution in [2.24, 2.45) is 13.0 Å². The molecule has 0 aliphatic heterocycles. The average Bonchev–Trinajstić information content (AvgIpc) is 2.89. The predicted molar refractivity (Wildman–Crippen MR) is 87.4 cm³/mol. The zero-order chi connectivity index (χ0) is 15.4. The molecule has 1 atom stereocenters. The first-order valence-electron chi connectivity index (χ1n) is 6.75. The topological polar surface area (TPSA) is 51.0 Å². The van der Waals surface area contributed by atoms with Gasteiger partial charge in [0.15, 0.2) is 5.82 Å². The molecule has 0 aromatic carbocycles. The Morgan fingerprint density at radius 2 is 2.29 bits per heavy atom. The maximum Gasteiger partial charge on any atom is 0.231 e. The molecule has 0 N–H and O–H groups in total. The van der Waals surface area contributed by atoms with Crippen molar-refractivity contribution in [3.8, 4) is 11.3 Å². The Hall–Kier alpha value is -1.82. The minimum absolute atomic E-state index is 0.0196. The second kappa shape index (κ2) is 6.76. The minimum atomic E-state index is -0.0196. The zero-order valence-corrected chi connectivity index (χ0v) is 13.6. The molecule has 0 saturated carbocycles. The summed E-state index contributed by atoms with van der Waals surface area (Å²) in [5.74, 6) is 1.54. The van der Waals surface area contributed by atoms with Crippen LogP contribution in [0, 0.1) is 5.92 Å². The second-order valence-corrected chi connectivity index (χ2v) is 5.92. The molecule has 0 saturated heterocycles. The molecule has 0 unspecified atom stereocenters. The van der Waals surface area contributed by atoms with Gasteiger partial charge in [-0.05, 0) is 18.4 Å². The van der Waals surface area contributed by atoms with Crippen LogP contribution in [0.5, 0.6) is 0 Å². The van der Waals surface area contributed by atoms with E-state index >= 15 is 0 Å². The van der Waals surface area contributed by atoms with Gasteiger partial charge in [-0.1, -0.05) is 6.92 Å². The van der Waals surface area contributed by atoms with Gasteiger partial charge in [0.25, 0.3) is 0 Å². The number of carbonyl (C=O) groups excluding carboxylic acids is 1. The zero-order valence-electron chi connectivity index (χ0n) is 12.8. The van der Waals surface area contributed by atoms with Crippen LogP contribution in [-0.2, 0) is 11.8 Å². The van der Waals surface area contributed by atoms with Crippen molar-refractivity contribution in [3.05, 3.63) is 30.6 Å². The summed E-state index contributed by atoms with van der Waals surface area (Å²) in [6, 6.07) is 5.78. The normalized spacial score (nSPS) is 12.2. The number of rotatable bonds is 5. The van der Waals surface area contributed by atoms with Gasteiger partial charge in [0.1, 0.15) is 0 Å². The molecule has 0 aliphatic carbocycles. The SMILES string of the molecule is CSC[C@H](C)C(=O)N(C)c1cc(-c2cccnc2)n(C)n1. The third-order valence-electron chi connectivity index (χ3n) is 3.34. The Morgan fingerprint density at radius 3 is 2.90 bits per heavy atom. The lowest BCUT2D eigenvalue weighted by Gasteiger charge is -2.18. The molecule has 0 bridgehead atoms. The summed E-state index contributed by atoms with van der Waals surface area (Å²) >= 11 is 1.67. The van der Waals surface area contributed by atoms with E-state index in [1.54, 1.807) is 40.8 Å². The van der Waals surface area contributed by atoms with Gasteiger partial charge in [0.05, 0.1) is 5.69 Å². The summed E-state index contributed by atoms with van der Waals surface area (Å²) in [5, 5.41) is 4.44. The van der Waals surface area contributed by atoms with Crippen LogP contribution in [0.1, 0.15) is 6.92 Å².